The third-order valence-electron chi connectivity index (χ3n) is 3.51. The number of esters is 1. The van der Waals surface area contributed by atoms with Gasteiger partial charge in [-0.05, 0) is 31.4 Å². The van der Waals surface area contributed by atoms with Gasteiger partial charge in [-0.3, -0.25) is 10.1 Å². The average molecular weight is 374 g/mol. The molecule has 3 rings (SSSR count). The zero-order valence-corrected chi connectivity index (χ0v) is 14.6. The maximum atomic E-state index is 12.6. The summed E-state index contributed by atoms with van der Waals surface area (Å²) < 4.78 is 10.3. The monoisotopic (exact) mass is 374 g/mol. The van der Waals surface area contributed by atoms with Crippen molar-refractivity contribution >= 4 is 40.3 Å². The van der Waals surface area contributed by atoms with E-state index in [2.05, 4.69) is 10.1 Å². The van der Waals surface area contributed by atoms with Crippen LogP contribution in [0.1, 0.15) is 23.0 Å². The van der Waals surface area contributed by atoms with Crippen molar-refractivity contribution in [2.24, 2.45) is 5.73 Å². The molecule has 0 radical (unpaired) electrons. The number of nitrogens with zero attached hydrogens (tertiary/aromatic N) is 2. The molecular weight excluding hydrogens is 360 g/mol. The van der Waals surface area contributed by atoms with Gasteiger partial charge in [-0.15, -0.1) is 11.3 Å². The molecule has 1 atom stereocenters. The first kappa shape index (κ1) is 17.5. The summed E-state index contributed by atoms with van der Waals surface area (Å²) in [6.07, 6.45) is -1.22. The number of pyridine rings is 1. The topological polar surface area (TPSA) is 137 Å². The standard InChI is InChI=1S/C16H14N4O5S/c1-7-12-9(15(22)24-8(2)13(21)19-16(17)23)6-10(11-4-3-5-26-11)18-14(12)25-20-7/h3-6,8H,1-2H3,(H3,17,19,21,23). The molecule has 10 heteroatoms. The molecular formula is C16H14N4O5S. The summed E-state index contributed by atoms with van der Waals surface area (Å²) >= 11 is 1.45. The highest BCUT2D eigenvalue weighted by Gasteiger charge is 2.25. The van der Waals surface area contributed by atoms with Crippen LogP contribution in [0, 0.1) is 6.92 Å². The van der Waals surface area contributed by atoms with Crippen LogP contribution in [0.15, 0.2) is 28.1 Å². The van der Waals surface area contributed by atoms with E-state index in [0.29, 0.717) is 16.8 Å². The van der Waals surface area contributed by atoms with Crippen molar-refractivity contribution < 1.29 is 23.6 Å². The fraction of sp³-hybridized carbons (Fsp3) is 0.188. The van der Waals surface area contributed by atoms with Gasteiger partial charge in [-0.2, -0.15) is 0 Å². The summed E-state index contributed by atoms with van der Waals surface area (Å²) in [4.78, 5) is 40.3. The molecule has 9 nitrogen and oxygen atoms in total. The van der Waals surface area contributed by atoms with Crippen molar-refractivity contribution in [3.05, 3.63) is 34.8 Å². The number of aryl methyl sites for hydroxylation is 1. The number of rotatable bonds is 4. The second-order valence-electron chi connectivity index (χ2n) is 5.38. The van der Waals surface area contributed by atoms with Crippen LogP contribution >= 0.6 is 11.3 Å². The number of ether oxygens (including phenoxy) is 1. The molecule has 0 saturated carbocycles. The average Bonchev–Trinajstić information content (AvgIpc) is 3.23. The van der Waals surface area contributed by atoms with E-state index in [1.165, 1.54) is 18.3 Å². The lowest BCUT2D eigenvalue weighted by atomic mass is 10.1. The Bertz CT molecular complexity index is 996. The number of hydrogen-bond acceptors (Lipinski definition) is 8. The second-order valence-corrected chi connectivity index (χ2v) is 6.33. The van der Waals surface area contributed by atoms with Crippen molar-refractivity contribution in [1.82, 2.24) is 15.5 Å². The normalized spacial score (nSPS) is 11.9. The van der Waals surface area contributed by atoms with Gasteiger partial charge in [0.2, 0.25) is 0 Å². The van der Waals surface area contributed by atoms with Gasteiger partial charge in [0, 0.05) is 0 Å². The minimum atomic E-state index is -1.22. The number of carbonyl (C=O) groups excluding carboxylic acids is 3. The molecule has 3 aromatic rings. The van der Waals surface area contributed by atoms with Crippen LogP contribution in [0.3, 0.4) is 0 Å². The molecule has 0 spiro atoms. The number of aromatic nitrogens is 2. The van der Waals surface area contributed by atoms with Crippen molar-refractivity contribution in [3.63, 3.8) is 0 Å². The van der Waals surface area contributed by atoms with E-state index in [-0.39, 0.29) is 11.3 Å². The van der Waals surface area contributed by atoms with E-state index in [1.54, 1.807) is 13.0 Å². The lowest BCUT2D eigenvalue weighted by molar-refractivity contribution is -0.127. The summed E-state index contributed by atoms with van der Waals surface area (Å²) in [7, 11) is 0. The maximum Gasteiger partial charge on any atom is 0.339 e. The summed E-state index contributed by atoms with van der Waals surface area (Å²) in [6.45, 7) is 2.99. The molecule has 0 fully saturated rings. The predicted molar refractivity (Wildman–Crippen MR) is 92.5 cm³/mol. The molecule has 0 saturated heterocycles. The lowest BCUT2D eigenvalue weighted by Gasteiger charge is -2.12. The fourth-order valence-electron chi connectivity index (χ4n) is 2.31. The highest BCUT2D eigenvalue weighted by atomic mass is 32.1. The van der Waals surface area contributed by atoms with Crippen molar-refractivity contribution in [1.29, 1.82) is 0 Å². The number of fused-ring (bicyclic) bond motifs is 1. The van der Waals surface area contributed by atoms with Crippen molar-refractivity contribution in [3.8, 4) is 10.6 Å². The Hall–Kier alpha value is -3.27. The molecule has 0 bridgehead atoms. The number of primary amides is 1. The number of imide groups is 1. The minimum Gasteiger partial charge on any atom is -0.449 e. The molecule has 3 heterocycles. The molecule has 1 unspecified atom stereocenters. The zero-order valence-electron chi connectivity index (χ0n) is 13.8. The molecule has 0 aliphatic carbocycles. The zero-order chi connectivity index (χ0) is 18.8. The Morgan fingerprint density at radius 2 is 2.15 bits per heavy atom. The Labute approximate surface area is 151 Å². The number of thiophene rings is 1. The molecule has 3 amide bonds. The Morgan fingerprint density at radius 1 is 1.38 bits per heavy atom. The van der Waals surface area contributed by atoms with Crippen LogP contribution < -0.4 is 11.1 Å². The summed E-state index contributed by atoms with van der Waals surface area (Å²) in [5, 5.41) is 7.97. The number of amides is 3. The van der Waals surface area contributed by atoms with Gasteiger partial charge in [0.1, 0.15) is 0 Å². The number of urea groups is 1. The van der Waals surface area contributed by atoms with Crippen LogP contribution in [-0.2, 0) is 9.53 Å². The van der Waals surface area contributed by atoms with Crippen LogP contribution in [0.25, 0.3) is 21.7 Å². The van der Waals surface area contributed by atoms with Crippen LogP contribution in [-0.4, -0.2) is 34.2 Å². The lowest BCUT2D eigenvalue weighted by Crippen LogP contribution is -2.42. The molecule has 26 heavy (non-hydrogen) atoms. The third-order valence-corrected chi connectivity index (χ3v) is 4.40. The van der Waals surface area contributed by atoms with E-state index < -0.39 is 24.0 Å². The quantitative estimate of drug-likeness (QED) is 0.666. The largest absolute Gasteiger partial charge is 0.449 e. The summed E-state index contributed by atoms with van der Waals surface area (Å²) in [6, 6.07) is 4.23. The summed E-state index contributed by atoms with van der Waals surface area (Å²) in [5.41, 5.74) is 6.22. The van der Waals surface area contributed by atoms with Gasteiger partial charge in [0.15, 0.2) is 6.10 Å². The van der Waals surface area contributed by atoms with E-state index in [1.807, 2.05) is 22.8 Å². The molecule has 0 aliphatic rings. The van der Waals surface area contributed by atoms with Crippen LogP contribution in [0.5, 0.6) is 0 Å². The molecule has 134 valence electrons. The van der Waals surface area contributed by atoms with Gasteiger partial charge < -0.3 is 15.0 Å². The van der Waals surface area contributed by atoms with E-state index in [4.69, 9.17) is 15.0 Å². The molecule has 3 N–H and O–H groups in total. The number of nitrogens with one attached hydrogen (secondary N) is 1. The van der Waals surface area contributed by atoms with Crippen LogP contribution in [0.2, 0.25) is 0 Å². The molecule has 0 aromatic carbocycles. The smallest absolute Gasteiger partial charge is 0.339 e. The minimum absolute atomic E-state index is 0.163. The second kappa shape index (κ2) is 6.92. The SMILES string of the molecule is Cc1noc2nc(-c3cccs3)cc(C(=O)OC(C)C(=O)NC(N)=O)c12. The highest BCUT2D eigenvalue weighted by Crippen LogP contribution is 2.29. The third kappa shape index (κ3) is 3.40. The van der Waals surface area contributed by atoms with E-state index in [0.717, 1.165) is 4.88 Å². The first-order valence-corrected chi connectivity index (χ1v) is 8.37. The number of nitrogens with two attached hydrogens (primary N) is 1. The van der Waals surface area contributed by atoms with Gasteiger partial charge in [0.05, 0.1) is 27.2 Å². The molecule has 3 aromatic heterocycles. The Balaban J connectivity index is 1.97. The number of carbonyl (C=O) groups is 3. The highest BCUT2D eigenvalue weighted by molar-refractivity contribution is 7.13. The van der Waals surface area contributed by atoms with Crippen molar-refractivity contribution in [2.75, 3.05) is 0 Å². The van der Waals surface area contributed by atoms with Gasteiger partial charge >= 0.3 is 12.0 Å². The molecule has 0 aliphatic heterocycles. The van der Waals surface area contributed by atoms with Crippen LogP contribution in [0.4, 0.5) is 4.79 Å². The van der Waals surface area contributed by atoms with E-state index in [9.17, 15) is 14.4 Å². The fourth-order valence-corrected chi connectivity index (χ4v) is 2.99. The Kier molecular flexibility index (Phi) is 4.67. The van der Waals surface area contributed by atoms with Gasteiger partial charge in [-0.1, -0.05) is 11.2 Å². The first-order valence-electron chi connectivity index (χ1n) is 7.49. The van der Waals surface area contributed by atoms with Gasteiger partial charge in [-0.25, -0.2) is 14.6 Å². The maximum absolute atomic E-state index is 12.6. The van der Waals surface area contributed by atoms with Crippen molar-refractivity contribution in [2.45, 2.75) is 20.0 Å². The van der Waals surface area contributed by atoms with E-state index >= 15 is 0 Å². The predicted octanol–water partition coefficient (Wildman–Crippen LogP) is 2.00. The van der Waals surface area contributed by atoms with Gasteiger partial charge in [0.25, 0.3) is 11.6 Å². The number of hydrogen-bond donors (Lipinski definition) is 2. The first-order chi connectivity index (χ1) is 12.4. The summed E-state index contributed by atoms with van der Waals surface area (Å²) in [5.74, 6) is -1.59. The Morgan fingerprint density at radius 3 is 2.81 bits per heavy atom.